The number of hydrogen-bond acceptors (Lipinski definition) is 10. The van der Waals surface area contributed by atoms with Crippen LogP contribution in [0.25, 0.3) is 9.69 Å². The summed E-state index contributed by atoms with van der Waals surface area (Å²) in [6.45, 7) is 19.6. The van der Waals surface area contributed by atoms with Crippen LogP contribution >= 0.6 is 87.6 Å². The summed E-state index contributed by atoms with van der Waals surface area (Å²) >= 11 is 18.3. The van der Waals surface area contributed by atoms with Crippen LogP contribution < -0.4 is 123 Å². The van der Waals surface area contributed by atoms with Crippen LogP contribution in [0, 0.1) is 38.6 Å². The van der Waals surface area contributed by atoms with E-state index in [-0.39, 0.29) is 144 Å². The van der Waals surface area contributed by atoms with E-state index in [1.807, 2.05) is 0 Å². The van der Waals surface area contributed by atoms with Crippen molar-refractivity contribution in [3.05, 3.63) is 128 Å². The number of aryl methyl sites for hydroxylation is 2. The van der Waals surface area contributed by atoms with Gasteiger partial charge in [-0.3, -0.25) is 14.4 Å². The molecule has 2 atom stereocenters. The number of carbonyl (C=O) groups excluding carboxylic acids is 3. The molecule has 0 fully saturated rings. The van der Waals surface area contributed by atoms with Gasteiger partial charge in [0.2, 0.25) is 0 Å². The Hall–Kier alpha value is -0.247. The summed E-state index contributed by atoms with van der Waals surface area (Å²) in [5.41, 5.74) is 0.257. The molecule has 0 unspecified atom stereocenters. The fourth-order valence-corrected chi connectivity index (χ4v) is 4.14. The van der Waals surface area contributed by atoms with E-state index in [9.17, 15) is 28.6 Å². The molecule has 2 amide bonds. The zero-order valence-electron chi connectivity index (χ0n) is 33.7. The van der Waals surface area contributed by atoms with Crippen LogP contribution in [0.4, 0.5) is 31.5 Å². The molecule has 4 aromatic carbocycles. The summed E-state index contributed by atoms with van der Waals surface area (Å²) < 4.78 is 30.9. The predicted molar refractivity (Wildman–Crippen MR) is 241 cm³/mol. The number of nitrogens with one attached hydrogen (secondary N) is 2. The number of benzene rings is 4. The van der Waals surface area contributed by atoms with Gasteiger partial charge in [-0.2, -0.15) is 0 Å². The fraction of sp³-hybridized carbons (Fsp3) is 0.216. The molecule has 4 aromatic rings. The van der Waals surface area contributed by atoms with Crippen molar-refractivity contribution in [3.63, 3.8) is 0 Å². The number of phenols is 1. The maximum atomic E-state index is 13.4. The number of halogens is 7. The molecule has 0 radical (unpaired) electrons. The molecule has 13 nitrogen and oxygen atoms in total. The molecular formula is C37H35BrCl2F2I2K2N4O9S. The normalized spacial score (nSPS) is 11.3. The van der Waals surface area contributed by atoms with Crippen LogP contribution in [0.2, 0.25) is 10.0 Å². The Kier molecular flexibility index (Phi) is 36.4. The zero-order chi connectivity index (χ0) is 44.6. The number of phenolic OH excluding ortho intramolecular Hbond substituents is 1. The van der Waals surface area contributed by atoms with Crippen molar-refractivity contribution in [1.82, 2.24) is 0 Å². The first kappa shape index (κ1) is 64.0. The summed E-state index contributed by atoms with van der Waals surface area (Å²) in [7, 11) is 0. The Morgan fingerprint density at radius 2 is 1.27 bits per heavy atom. The van der Waals surface area contributed by atoms with Crippen LogP contribution in [0.1, 0.15) is 26.4 Å². The minimum atomic E-state index is -1.84. The number of hydrogen-bond donors (Lipinski definition) is 5. The van der Waals surface area contributed by atoms with Crippen molar-refractivity contribution in [1.29, 1.82) is 0 Å². The second-order valence-corrected chi connectivity index (χ2v) is 20.7. The molecule has 314 valence electrons. The molecule has 5 N–H and O–H groups in total. The monoisotopic (exact) mass is 1230 g/mol. The van der Waals surface area contributed by atoms with E-state index in [4.69, 9.17) is 56.2 Å². The number of amides is 2. The van der Waals surface area contributed by atoms with Crippen molar-refractivity contribution in [2.24, 2.45) is 0 Å². The molecule has 0 saturated carbocycles. The number of aliphatic hydroxyl groups is 2. The number of anilines is 2. The molecule has 0 aliphatic carbocycles. The standard InChI is InChI=1S/C18H16ClFN2O3.C12H13BrN2O2.C6H4ClFO.CH2O3.I2S.2K.H/c1-11-8-12(4-7-16(11)21-3)22-17(23)18(2,24)10-25-13-5-6-14(19)15(20)9-13;1-8-6-9(4-5-10(8)14-3)15-11(16)12(2,17)7-13;7-5-2-1-4(9)3-6(5)8;2-1-4-3;1-3-2;;;/h4-9,24H,10H2,1-2H3,(H,22,23);4-6,17H,7H2,1-2H3,(H,15,16);1-3,9H;1,3H;;;;/q;;;;;2*+1;-1/p-1/t18-;12-;;;;;;/m00....../s1. The molecule has 0 aliphatic heterocycles. The molecule has 0 aromatic heterocycles. The van der Waals surface area contributed by atoms with Crippen molar-refractivity contribution in [2.75, 3.05) is 22.6 Å². The van der Waals surface area contributed by atoms with Gasteiger partial charge in [0.25, 0.3) is 18.3 Å². The van der Waals surface area contributed by atoms with E-state index >= 15 is 0 Å². The Bertz CT molecular complexity index is 2100. The Morgan fingerprint density at radius 3 is 1.60 bits per heavy atom. The van der Waals surface area contributed by atoms with E-state index in [1.54, 1.807) is 56.4 Å². The number of ether oxygens (including phenoxy) is 1. The third-order valence-electron chi connectivity index (χ3n) is 6.74. The fourth-order valence-electron chi connectivity index (χ4n) is 3.65. The van der Waals surface area contributed by atoms with Crippen molar-refractivity contribution >= 4 is 129 Å². The zero-order valence-corrected chi connectivity index (χ0v) is 47.1. The summed E-state index contributed by atoms with van der Waals surface area (Å²) in [6, 6.07) is 17.2. The number of aromatic hydroxyl groups is 1. The third-order valence-corrected chi connectivity index (χ3v) is 8.45. The summed E-state index contributed by atoms with van der Waals surface area (Å²) in [4.78, 5) is 41.9. The average molecular weight is 1230 g/mol. The average Bonchev–Trinajstić information content (AvgIpc) is 3.18. The van der Waals surface area contributed by atoms with E-state index in [0.717, 1.165) is 17.7 Å². The maximum Gasteiger partial charge on any atom is 1.00 e. The largest absolute Gasteiger partial charge is 1.00 e. The van der Waals surface area contributed by atoms with Crippen LogP contribution in [0.3, 0.4) is 0 Å². The number of nitrogens with zero attached hydrogens (tertiary/aromatic N) is 2. The SMILES string of the molecule is ISI.O=CO[O-].Oc1ccc(Cl)c(F)c1.[C-]#[N+]c1ccc(NC(=O)[C@@](C)(O)CBr)cc1C.[C-]#[N+]c1ccc(NC(=O)[C@@](C)(O)COc2ccc(Cl)c(F)c2)cc1C.[H-].[K+].[K+]. The first-order chi connectivity index (χ1) is 27.2. The van der Waals surface area contributed by atoms with Gasteiger partial charge in [-0.1, -0.05) is 51.3 Å². The Labute approximate surface area is 479 Å². The van der Waals surface area contributed by atoms with Crippen LogP contribution in [0.5, 0.6) is 11.5 Å². The minimum Gasteiger partial charge on any atom is -1.00 e. The second-order valence-electron chi connectivity index (χ2n) is 11.5. The van der Waals surface area contributed by atoms with E-state index in [2.05, 4.69) is 83.6 Å². The molecule has 60 heavy (non-hydrogen) atoms. The van der Waals surface area contributed by atoms with Gasteiger partial charge < -0.3 is 42.3 Å². The molecule has 4 rings (SSSR count). The first-order valence-corrected chi connectivity index (χ1v) is 23.4. The van der Waals surface area contributed by atoms with Gasteiger partial charge in [-0.05, 0) is 93.5 Å². The van der Waals surface area contributed by atoms with E-state index in [0.29, 0.717) is 28.3 Å². The molecule has 0 heterocycles. The van der Waals surface area contributed by atoms with Gasteiger partial charge in [0.05, 0.1) is 23.2 Å². The van der Waals surface area contributed by atoms with Crippen molar-refractivity contribution in [3.8, 4) is 11.5 Å². The third kappa shape index (κ3) is 25.3. The van der Waals surface area contributed by atoms with Crippen molar-refractivity contribution < 1.29 is 158 Å². The van der Waals surface area contributed by atoms with E-state index in [1.165, 1.54) is 38.1 Å². The van der Waals surface area contributed by atoms with Gasteiger partial charge in [0.1, 0.15) is 35.3 Å². The molecule has 23 heteroatoms. The van der Waals surface area contributed by atoms with Gasteiger partial charge >= 0.3 is 103 Å². The molecular weight excluding hydrogens is 1200 g/mol. The molecule has 0 spiro atoms. The van der Waals surface area contributed by atoms with Crippen molar-refractivity contribution in [2.45, 2.75) is 38.9 Å². The smallest absolute Gasteiger partial charge is 1.00 e. The number of alkyl halides is 1. The summed E-state index contributed by atoms with van der Waals surface area (Å²) in [6.07, 6.45) is 1.69. The molecule has 0 bridgehead atoms. The number of carbonyl (C=O) groups is 3. The summed E-state index contributed by atoms with van der Waals surface area (Å²) in [5.74, 6) is -2.39. The number of rotatable bonds is 9. The van der Waals surface area contributed by atoms with Gasteiger partial charge in [0, 0.05) is 71.2 Å². The second kappa shape index (κ2) is 34.1. The van der Waals surface area contributed by atoms with Crippen LogP contribution in [-0.4, -0.2) is 56.7 Å². The Morgan fingerprint density at radius 1 is 0.867 bits per heavy atom. The maximum absolute atomic E-state index is 13.4. The predicted octanol–water partition coefficient (Wildman–Crippen LogP) is 3.90. The van der Waals surface area contributed by atoms with E-state index < -0.39 is 34.7 Å². The van der Waals surface area contributed by atoms with Crippen LogP contribution in [0.15, 0.2) is 72.8 Å². The van der Waals surface area contributed by atoms with Gasteiger partial charge in [-0.15, -0.1) is 0 Å². The summed E-state index contributed by atoms with van der Waals surface area (Å²) in [5, 5.41) is 42.4. The van der Waals surface area contributed by atoms with Crippen LogP contribution in [-0.2, 0) is 19.3 Å². The van der Waals surface area contributed by atoms with Gasteiger partial charge in [-0.25, -0.2) is 18.5 Å². The quantitative estimate of drug-likeness (QED) is 0.0314. The minimum absolute atomic E-state index is 0. The molecule has 0 saturated heterocycles. The first-order valence-electron chi connectivity index (χ1n) is 15.6. The Balaban J connectivity index is -0.000000390. The van der Waals surface area contributed by atoms with Gasteiger partial charge in [0.15, 0.2) is 17.0 Å². The topological polar surface area (TPSA) is 186 Å². The molecule has 0 aliphatic rings.